The average molecular weight is 383 g/mol. The molecule has 150 valence electrons. The molecule has 1 N–H and O–H groups in total. The van der Waals surface area contributed by atoms with Crippen LogP contribution in [0.2, 0.25) is 0 Å². The zero-order valence-corrected chi connectivity index (χ0v) is 17.0. The summed E-state index contributed by atoms with van der Waals surface area (Å²) in [7, 11) is 1.62. The first-order chi connectivity index (χ1) is 13.6. The van der Waals surface area contributed by atoms with Crippen LogP contribution in [0.25, 0.3) is 0 Å². The van der Waals surface area contributed by atoms with E-state index in [-0.39, 0.29) is 12.5 Å². The molecule has 1 atom stereocenters. The van der Waals surface area contributed by atoms with Crippen LogP contribution in [-0.2, 0) is 17.8 Å². The van der Waals surface area contributed by atoms with Crippen molar-refractivity contribution in [3.8, 4) is 11.5 Å². The number of methoxy groups -OCH3 is 1. The summed E-state index contributed by atoms with van der Waals surface area (Å²) in [6, 6.07) is 16.2. The maximum absolute atomic E-state index is 12.3. The van der Waals surface area contributed by atoms with Gasteiger partial charge in [0.05, 0.1) is 7.11 Å². The minimum absolute atomic E-state index is 0.0139. The largest absolute Gasteiger partial charge is 0.497 e. The molecule has 0 aromatic heterocycles. The third-order valence-electron chi connectivity index (χ3n) is 5.34. The molecule has 2 aromatic carbocycles. The molecule has 1 heterocycles. The van der Waals surface area contributed by atoms with Crippen molar-refractivity contribution in [2.24, 2.45) is 5.92 Å². The Morgan fingerprint density at radius 2 is 1.75 bits per heavy atom. The minimum atomic E-state index is -0.0983. The summed E-state index contributed by atoms with van der Waals surface area (Å²) in [5.41, 5.74) is 2.84. The quantitative estimate of drug-likeness (QED) is 0.761. The third kappa shape index (κ3) is 5.26. The van der Waals surface area contributed by atoms with Crippen LogP contribution >= 0.6 is 0 Å². The van der Waals surface area contributed by atoms with Crippen LogP contribution in [0.3, 0.4) is 0 Å². The van der Waals surface area contributed by atoms with E-state index in [0.29, 0.717) is 24.3 Å². The Kier molecular flexibility index (Phi) is 6.93. The van der Waals surface area contributed by atoms with Gasteiger partial charge in [0.1, 0.15) is 11.5 Å². The van der Waals surface area contributed by atoms with Crippen molar-refractivity contribution in [2.45, 2.75) is 32.9 Å². The van der Waals surface area contributed by atoms with Gasteiger partial charge >= 0.3 is 0 Å². The number of nitrogens with zero attached hydrogens (tertiary/aromatic N) is 1. The number of amides is 1. The van der Waals surface area contributed by atoms with Gasteiger partial charge in [-0.25, -0.2) is 0 Å². The monoisotopic (exact) mass is 382 g/mol. The Balaban J connectivity index is 1.50. The van der Waals surface area contributed by atoms with E-state index < -0.39 is 0 Å². The average Bonchev–Trinajstić information content (AvgIpc) is 2.72. The SMILES string of the molecule is COc1ccc(OCC(=O)NC[C@@H](C(C)C)N2CCc3ccccc3C2)cc1. The normalized spacial score (nSPS) is 15.0. The van der Waals surface area contributed by atoms with E-state index in [4.69, 9.17) is 9.47 Å². The van der Waals surface area contributed by atoms with Gasteiger partial charge in [0.25, 0.3) is 5.91 Å². The maximum Gasteiger partial charge on any atom is 0.257 e. The van der Waals surface area contributed by atoms with E-state index in [0.717, 1.165) is 25.3 Å². The Morgan fingerprint density at radius 3 is 2.43 bits per heavy atom. The van der Waals surface area contributed by atoms with Crippen molar-refractivity contribution in [1.29, 1.82) is 0 Å². The molecule has 1 aliphatic heterocycles. The topological polar surface area (TPSA) is 50.8 Å². The van der Waals surface area contributed by atoms with E-state index in [2.05, 4.69) is 48.3 Å². The Bertz CT molecular complexity index is 774. The van der Waals surface area contributed by atoms with E-state index in [1.807, 2.05) is 12.1 Å². The minimum Gasteiger partial charge on any atom is -0.497 e. The first kappa shape index (κ1) is 20.2. The molecule has 2 aromatic rings. The molecular weight excluding hydrogens is 352 g/mol. The molecule has 0 aliphatic carbocycles. The van der Waals surface area contributed by atoms with Crippen molar-refractivity contribution in [1.82, 2.24) is 10.2 Å². The maximum atomic E-state index is 12.3. The molecule has 0 spiro atoms. The highest BCUT2D eigenvalue weighted by molar-refractivity contribution is 5.77. The third-order valence-corrected chi connectivity index (χ3v) is 5.34. The second-order valence-electron chi connectivity index (χ2n) is 7.57. The second kappa shape index (κ2) is 9.60. The zero-order chi connectivity index (χ0) is 19.9. The van der Waals surface area contributed by atoms with Crippen LogP contribution in [0, 0.1) is 5.92 Å². The molecule has 5 heteroatoms. The highest BCUT2D eigenvalue weighted by atomic mass is 16.5. The summed E-state index contributed by atoms with van der Waals surface area (Å²) in [5.74, 6) is 1.77. The highest BCUT2D eigenvalue weighted by Crippen LogP contribution is 2.23. The van der Waals surface area contributed by atoms with Crippen molar-refractivity contribution in [3.63, 3.8) is 0 Å². The fourth-order valence-corrected chi connectivity index (χ4v) is 3.68. The van der Waals surface area contributed by atoms with Gasteiger partial charge in [-0.2, -0.15) is 0 Å². The lowest BCUT2D eigenvalue weighted by atomic mass is 9.95. The summed E-state index contributed by atoms with van der Waals surface area (Å²) in [5, 5.41) is 3.05. The number of hydrogen-bond acceptors (Lipinski definition) is 4. The summed E-state index contributed by atoms with van der Waals surface area (Å²) in [6.45, 7) is 7.04. The lowest BCUT2D eigenvalue weighted by Gasteiger charge is -2.38. The van der Waals surface area contributed by atoms with E-state index >= 15 is 0 Å². The number of rotatable bonds is 8. The smallest absolute Gasteiger partial charge is 0.257 e. The first-order valence-electron chi connectivity index (χ1n) is 9.91. The molecule has 28 heavy (non-hydrogen) atoms. The highest BCUT2D eigenvalue weighted by Gasteiger charge is 2.26. The molecule has 1 amide bonds. The van der Waals surface area contributed by atoms with Gasteiger partial charge in [-0.15, -0.1) is 0 Å². The molecule has 3 rings (SSSR count). The van der Waals surface area contributed by atoms with Gasteiger partial charge in [0, 0.05) is 25.7 Å². The lowest BCUT2D eigenvalue weighted by Crippen LogP contribution is -2.49. The number of benzene rings is 2. The molecule has 0 bridgehead atoms. The number of ether oxygens (including phenoxy) is 2. The molecule has 0 saturated heterocycles. The summed E-state index contributed by atoms with van der Waals surface area (Å²) in [6.07, 6.45) is 1.06. The van der Waals surface area contributed by atoms with E-state index in [9.17, 15) is 4.79 Å². The van der Waals surface area contributed by atoms with Crippen LogP contribution in [0.1, 0.15) is 25.0 Å². The van der Waals surface area contributed by atoms with Gasteiger partial charge in [-0.05, 0) is 47.7 Å². The van der Waals surface area contributed by atoms with Crippen molar-refractivity contribution < 1.29 is 14.3 Å². The number of carbonyl (C=O) groups is 1. The van der Waals surface area contributed by atoms with Gasteiger partial charge in [0.15, 0.2) is 6.61 Å². The van der Waals surface area contributed by atoms with Gasteiger partial charge in [-0.1, -0.05) is 38.1 Å². The molecule has 5 nitrogen and oxygen atoms in total. The van der Waals surface area contributed by atoms with Crippen molar-refractivity contribution in [2.75, 3.05) is 26.8 Å². The van der Waals surface area contributed by atoms with Crippen molar-refractivity contribution in [3.05, 3.63) is 59.7 Å². The fraction of sp³-hybridized carbons (Fsp3) is 0.435. The Morgan fingerprint density at radius 1 is 1.07 bits per heavy atom. The van der Waals surface area contributed by atoms with Gasteiger partial charge in [-0.3, -0.25) is 9.69 Å². The Hall–Kier alpha value is -2.53. The standard InChI is InChI=1S/C23H30N2O3/c1-17(2)22(25-13-12-18-6-4-5-7-19(18)15-25)14-24-23(26)16-28-21-10-8-20(27-3)9-11-21/h4-11,17,22H,12-16H2,1-3H3,(H,24,26)/t22-/m0/s1. The van der Waals surface area contributed by atoms with Gasteiger partial charge < -0.3 is 14.8 Å². The first-order valence-corrected chi connectivity index (χ1v) is 9.91. The molecule has 1 aliphatic rings. The lowest BCUT2D eigenvalue weighted by molar-refractivity contribution is -0.123. The van der Waals surface area contributed by atoms with E-state index in [1.54, 1.807) is 19.2 Å². The van der Waals surface area contributed by atoms with Crippen molar-refractivity contribution >= 4 is 5.91 Å². The molecule has 0 radical (unpaired) electrons. The van der Waals surface area contributed by atoms with E-state index in [1.165, 1.54) is 11.1 Å². The van der Waals surface area contributed by atoms with Crippen LogP contribution in [0.4, 0.5) is 0 Å². The summed E-state index contributed by atoms with van der Waals surface area (Å²) < 4.78 is 10.7. The molecule has 0 unspecified atom stereocenters. The number of hydrogen-bond donors (Lipinski definition) is 1. The summed E-state index contributed by atoms with van der Waals surface area (Å²) in [4.78, 5) is 14.8. The molecule has 0 saturated carbocycles. The fourth-order valence-electron chi connectivity index (χ4n) is 3.68. The molecule has 0 fully saturated rings. The van der Waals surface area contributed by atoms with Crippen LogP contribution in [0.15, 0.2) is 48.5 Å². The Labute approximate surface area is 167 Å². The number of carbonyl (C=O) groups excluding carboxylic acids is 1. The zero-order valence-electron chi connectivity index (χ0n) is 17.0. The van der Waals surface area contributed by atoms with Gasteiger partial charge in [0.2, 0.25) is 0 Å². The van der Waals surface area contributed by atoms with Crippen LogP contribution < -0.4 is 14.8 Å². The van der Waals surface area contributed by atoms with Crippen LogP contribution in [0.5, 0.6) is 11.5 Å². The number of nitrogens with one attached hydrogen (secondary N) is 1. The predicted molar refractivity (Wildman–Crippen MR) is 111 cm³/mol. The molecular formula is C23H30N2O3. The second-order valence-corrected chi connectivity index (χ2v) is 7.57. The summed E-state index contributed by atoms with van der Waals surface area (Å²) >= 11 is 0. The predicted octanol–water partition coefficient (Wildman–Crippen LogP) is 3.27. The van der Waals surface area contributed by atoms with Crippen LogP contribution in [-0.4, -0.2) is 43.7 Å². The number of fused-ring (bicyclic) bond motifs is 1.